The number of nitrogens with one attached hydrogen (secondary N) is 3. The first-order valence-electron chi connectivity index (χ1n) is 29.6. The largest absolute Gasteiger partial charge is 0.484 e. The molecule has 2 aliphatic carbocycles. The molecule has 4 amide bonds. The Labute approximate surface area is 481 Å². The summed E-state index contributed by atoms with van der Waals surface area (Å²) in [6.07, 6.45) is 11.9. The molecule has 10 rings (SSSR count). The number of nitriles is 2. The quantitative estimate of drug-likeness (QED) is 0.0533. The van der Waals surface area contributed by atoms with E-state index in [0.29, 0.717) is 112 Å². The molecule has 3 N–H and O–H groups in total. The van der Waals surface area contributed by atoms with Gasteiger partial charge in [0, 0.05) is 96.2 Å². The highest BCUT2D eigenvalue weighted by Gasteiger charge is 2.42. The van der Waals surface area contributed by atoms with Gasteiger partial charge in [0.05, 0.1) is 41.9 Å². The Morgan fingerprint density at radius 1 is 0.630 bits per heavy atom. The van der Waals surface area contributed by atoms with Crippen LogP contribution in [0.15, 0.2) is 60.7 Å². The lowest BCUT2D eigenvalue weighted by molar-refractivity contribution is -0.133. The number of ether oxygens (including phenoxy) is 2. The third kappa shape index (κ3) is 14.0. The smallest absolute Gasteiger partial charge is 0.314 e. The fourth-order valence-corrected chi connectivity index (χ4v) is 13.3. The van der Waals surface area contributed by atoms with Gasteiger partial charge in [-0.1, -0.05) is 36.6 Å². The van der Waals surface area contributed by atoms with E-state index in [1.54, 1.807) is 12.1 Å². The Balaban J connectivity index is 0.570. The highest BCUT2D eigenvalue weighted by atomic mass is 35.5. The molecule has 1 unspecified atom stereocenters. The second-order valence-electron chi connectivity index (χ2n) is 22.8. The molecule has 0 spiro atoms. The number of nitrogens with zero attached hydrogens (tertiary/aromatic N) is 7. The molecule has 2 saturated heterocycles. The molecular weight excluding hydrogens is 1040 g/mol. The summed E-state index contributed by atoms with van der Waals surface area (Å²) >= 11 is 6.52. The van der Waals surface area contributed by atoms with E-state index in [1.807, 2.05) is 34.1 Å². The second kappa shape index (κ2) is 27.2. The summed E-state index contributed by atoms with van der Waals surface area (Å²) < 4.78 is 13.6. The zero-order valence-electron chi connectivity index (χ0n) is 46.5. The Bertz CT molecular complexity index is 3100. The topological polar surface area (TPSA) is 188 Å². The first kappa shape index (κ1) is 57.2. The van der Waals surface area contributed by atoms with Gasteiger partial charge >= 0.3 is 6.03 Å². The van der Waals surface area contributed by atoms with E-state index in [2.05, 4.69) is 67.0 Å². The monoisotopic (exact) mass is 1110 g/mol. The number of amides is 4. The number of ketones is 1. The lowest BCUT2D eigenvalue weighted by Crippen LogP contribution is -2.50. The number of carbonyl (C=O) groups excluding carboxylic acids is 4. The average molecular weight is 1120 g/mol. The number of hydrogen-bond donors (Lipinski definition) is 3. The summed E-state index contributed by atoms with van der Waals surface area (Å²) in [4.78, 5) is 64.3. The van der Waals surface area contributed by atoms with Crippen molar-refractivity contribution in [3.05, 3.63) is 133 Å². The van der Waals surface area contributed by atoms with Crippen molar-refractivity contribution in [3.63, 3.8) is 0 Å². The van der Waals surface area contributed by atoms with Crippen molar-refractivity contribution >= 4 is 40.9 Å². The van der Waals surface area contributed by atoms with Crippen molar-refractivity contribution in [2.24, 2.45) is 0 Å². The van der Waals surface area contributed by atoms with E-state index in [4.69, 9.17) is 27.6 Å². The van der Waals surface area contributed by atoms with E-state index < -0.39 is 0 Å². The predicted octanol–water partition coefficient (Wildman–Crippen LogP) is 9.35. The Morgan fingerprint density at radius 3 is 1.81 bits per heavy atom. The summed E-state index contributed by atoms with van der Waals surface area (Å²) in [6, 6.07) is 24.1. The fraction of sp³-hybridized carbons (Fsp3) is 0.516. The molecule has 0 bridgehead atoms. The molecule has 4 heterocycles. The highest BCUT2D eigenvalue weighted by Crippen LogP contribution is 2.45. The third-order valence-corrected chi connectivity index (χ3v) is 17.7. The molecule has 4 aliphatic heterocycles. The molecule has 16 nitrogen and oxygen atoms in total. The van der Waals surface area contributed by atoms with Gasteiger partial charge in [-0.25, -0.2) is 9.64 Å². The number of unbranched alkanes of at least 4 members (excludes halogenated alkanes) is 3. The maximum atomic E-state index is 13.3. The standard InChI is InChI=1S/C64H75ClN10O6/c1-68-57-36-49(65)35-56-54(57)38-59(72-25-8-3-9-26-72)63(56)81-52-18-16-47-42-75(28-20-45(47)34-52)61(78)14-10-22-71-64(79)70-21-7-2-4-11-50(76)12-5-6-13-60(77)74-27-19-44-33-51(17-15-46(44)41-74)80-62-55-32-43(39-66)31-48(40-67)53(55)37-58(62)73-29-23-69-24-30-73/h15-18,31-36,58-59,62-63,69H,2-14,19-30,37-38,41-42H2,(H2,70,71,79)/t58-,59?,62-,63-/m0/s1. The minimum atomic E-state index is -0.313. The molecule has 4 atom stereocenters. The summed E-state index contributed by atoms with van der Waals surface area (Å²) in [5.41, 5.74) is 10.1. The molecular formula is C64H75ClN10O6. The number of Topliss-reactive ketones (excluding diaryl/α,β-unsaturated/α-hetero) is 1. The van der Waals surface area contributed by atoms with E-state index in [-0.39, 0.29) is 47.9 Å². The molecule has 0 saturated carbocycles. The summed E-state index contributed by atoms with van der Waals surface area (Å²) in [5.74, 6) is 1.91. The van der Waals surface area contributed by atoms with Gasteiger partial charge in [0.15, 0.2) is 5.69 Å². The number of piperidine rings is 1. The van der Waals surface area contributed by atoms with Crippen LogP contribution < -0.4 is 25.4 Å². The summed E-state index contributed by atoms with van der Waals surface area (Å²) in [7, 11) is 0. The number of rotatable bonds is 21. The van der Waals surface area contributed by atoms with Gasteiger partial charge in [0.25, 0.3) is 0 Å². The summed E-state index contributed by atoms with van der Waals surface area (Å²) in [6.45, 7) is 16.6. The van der Waals surface area contributed by atoms with Crippen molar-refractivity contribution in [2.75, 3.05) is 65.4 Å². The number of urea groups is 1. The van der Waals surface area contributed by atoms with Crippen LogP contribution in [0.2, 0.25) is 5.02 Å². The van der Waals surface area contributed by atoms with E-state index in [1.165, 1.54) is 12.0 Å². The third-order valence-electron chi connectivity index (χ3n) is 17.5. The maximum Gasteiger partial charge on any atom is 0.314 e. The van der Waals surface area contributed by atoms with Gasteiger partial charge in [0.2, 0.25) is 11.8 Å². The van der Waals surface area contributed by atoms with Crippen LogP contribution in [0.25, 0.3) is 4.85 Å². The van der Waals surface area contributed by atoms with Crippen molar-refractivity contribution < 1.29 is 28.7 Å². The second-order valence-corrected chi connectivity index (χ2v) is 23.2. The van der Waals surface area contributed by atoms with Gasteiger partial charge < -0.3 is 35.2 Å². The van der Waals surface area contributed by atoms with Gasteiger partial charge in [-0.15, -0.1) is 0 Å². The van der Waals surface area contributed by atoms with Crippen molar-refractivity contribution in [1.82, 2.24) is 35.6 Å². The number of carbonyl (C=O) groups is 4. The van der Waals surface area contributed by atoms with Gasteiger partial charge in [0.1, 0.15) is 29.5 Å². The maximum absolute atomic E-state index is 13.3. The lowest BCUT2D eigenvalue weighted by atomic mass is 9.98. The fourth-order valence-electron chi connectivity index (χ4n) is 13.1. The minimum absolute atomic E-state index is 0.0535. The Morgan fingerprint density at radius 2 is 1.20 bits per heavy atom. The van der Waals surface area contributed by atoms with Gasteiger partial charge in [-0.3, -0.25) is 24.2 Å². The van der Waals surface area contributed by atoms with Crippen molar-refractivity contribution in [3.8, 4) is 23.6 Å². The molecule has 4 aromatic rings. The van der Waals surface area contributed by atoms with E-state index >= 15 is 0 Å². The number of fused-ring (bicyclic) bond motifs is 4. The molecule has 0 aromatic heterocycles. The molecule has 424 valence electrons. The molecule has 17 heteroatoms. The Kier molecular flexibility index (Phi) is 19.2. The molecule has 2 fully saturated rings. The zero-order valence-corrected chi connectivity index (χ0v) is 47.3. The molecule has 4 aromatic carbocycles. The first-order valence-corrected chi connectivity index (χ1v) is 29.9. The SMILES string of the molecule is [C-]#[N+]c1cc(Cl)cc2c1CC(N1CCCCC1)[C@H]2Oc1ccc2c(c1)CCN(C(=O)CCCNC(=O)NCCCCCC(=O)CCCCC(=O)N1CCc3cc(O[C@H]4c5cc(C#N)cc(C#N)c5C[C@@H]4N4CCNCC4)ccc3C1)C2. The average Bonchev–Trinajstić information content (AvgIpc) is 4.08. The number of hydrogen-bond acceptors (Lipinski definition) is 11. The van der Waals surface area contributed by atoms with Gasteiger partial charge in [-0.05, 0) is 177 Å². The van der Waals surface area contributed by atoms with Gasteiger partial charge in [-0.2, -0.15) is 10.5 Å². The minimum Gasteiger partial charge on any atom is -0.484 e. The normalized spacial score (nSPS) is 20.4. The van der Waals surface area contributed by atoms with Crippen LogP contribution in [-0.2, 0) is 53.2 Å². The number of piperazine rings is 1. The predicted molar refractivity (Wildman–Crippen MR) is 309 cm³/mol. The first-order chi connectivity index (χ1) is 39.5. The van der Waals surface area contributed by atoms with Crippen LogP contribution in [0.4, 0.5) is 10.5 Å². The molecule has 0 radical (unpaired) electrons. The number of halogens is 1. The van der Waals surface area contributed by atoms with E-state index in [0.717, 1.165) is 141 Å². The van der Waals surface area contributed by atoms with E-state index in [9.17, 15) is 29.7 Å². The van der Waals surface area contributed by atoms with Crippen molar-refractivity contribution in [1.29, 1.82) is 10.5 Å². The lowest BCUT2D eigenvalue weighted by Gasteiger charge is -2.36. The Hall–Kier alpha value is -7.00. The molecule has 81 heavy (non-hydrogen) atoms. The zero-order chi connectivity index (χ0) is 56.2. The van der Waals surface area contributed by atoms with Crippen LogP contribution >= 0.6 is 11.6 Å². The van der Waals surface area contributed by atoms with Crippen molar-refractivity contribution in [2.45, 2.75) is 147 Å². The number of benzene rings is 4. The number of likely N-dealkylation sites (tertiary alicyclic amines) is 1. The highest BCUT2D eigenvalue weighted by molar-refractivity contribution is 6.31. The van der Waals surface area contributed by atoms with Crippen LogP contribution in [0.1, 0.15) is 151 Å². The van der Waals surface area contributed by atoms with Crippen LogP contribution in [-0.4, -0.2) is 121 Å². The van der Waals surface area contributed by atoms with Crippen LogP contribution in [0.5, 0.6) is 11.5 Å². The van der Waals surface area contributed by atoms with Crippen LogP contribution in [0.3, 0.4) is 0 Å². The summed E-state index contributed by atoms with van der Waals surface area (Å²) in [5, 5.41) is 29.4. The van der Waals surface area contributed by atoms with Crippen LogP contribution in [0, 0.1) is 29.2 Å². The molecule has 6 aliphatic rings.